The summed E-state index contributed by atoms with van der Waals surface area (Å²) < 4.78 is 10.7. The van der Waals surface area contributed by atoms with Gasteiger partial charge in [-0.1, -0.05) is 60.7 Å². The lowest BCUT2D eigenvalue weighted by atomic mass is 10.0. The molecule has 0 spiro atoms. The minimum atomic E-state index is -0.746. The van der Waals surface area contributed by atoms with Gasteiger partial charge in [-0.05, 0) is 37.5 Å². The fraction of sp³-hybridized carbons (Fsp3) is 0.273. The molecule has 0 amide bonds. The minimum absolute atomic E-state index is 0.190. The Bertz CT molecular complexity index is 733. The first-order valence-corrected chi connectivity index (χ1v) is 8.60. The molecule has 0 radical (unpaired) electrons. The Labute approximate surface area is 154 Å². The van der Waals surface area contributed by atoms with Crippen LogP contribution in [-0.2, 0) is 25.7 Å². The van der Waals surface area contributed by atoms with Crippen molar-refractivity contribution in [2.24, 2.45) is 0 Å². The summed E-state index contributed by atoms with van der Waals surface area (Å²) in [4.78, 5) is 23.8. The van der Waals surface area contributed by atoms with E-state index < -0.39 is 11.6 Å². The van der Waals surface area contributed by atoms with E-state index >= 15 is 0 Å². The molecule has 4 nitrogen and oxygen atoms in total. The van der Waals surface area contributed by atoms with Gasteiger partial charge in [-0.25, -0.2) is 4.79 Å². The molecule has 0 aliphatic heterocycles. The zero-order valence-corrected chi connectivity index (χ0v) is 15.2. The van der Waals surface area contributed by atoms with E-state index in [1.807, 2.05) is 60.7 Å². The van der Waals surface area contributed by atoms with E-state index in [1.54, 1.807) is 19.9 Å². The number of benzene rings is 2. The second kappa shape index (κ2) is 9.56. The predicted octanol–water partition coefficient (Wildman–Crippen LogP) is 4.55. The van der Waals surface area contributed by atoms with Gasteiger partial charge < -0.3 is 9.47 Å². The van der Waals surface area contributed by atoms with Crippen molar-refractivity contribution in [2.45, 2.75) is 38.9 Å². The summed E-state index contributed by atoms with van der Waals surface area (Å²) in [6, 6.07) is 19.0. The number of esters is 2. The summed E-state index contributed by atoms with van der Waals surface area (Å²) in [5, 5.41) is 0. The number of carbonyl (C=O) groups is 2. The highest BCUT2D eigenvalue weighted by Gasteiger charge is 2.23. The van der Waals surface area contributed by atoms with Crippen LogP contribution in [-0.4, -0.2) is 17.5 Å². The van der Waals surface area contributed by atoms with Crippen molar-refractivity contribution in [3.05, 3.63) is 77.9 Å². The molecule has 0 bridgehead atoms. The van der Waals surface area contributed by atoms with Gasteiger partial charge >= 0.3 is 11.9 Å². The third-order valence-electron chi connectivity index (χ3n) is 3.76. The third kappa shape index (κ3) is 7.34. The Morgan fingerprint density at radius 1 is 0.962 bits per heavy atom. The van der Waals surface area contributed by atoms with Crippen molar-refractivity contribution in [1.29, 1.82) is 0 Å². The van der Waals surface area contributed by atoms with Crippen LogP contribution in [0.15, 0.2) is 66.7 Å². The maximum atomic E-state index is 12.0. The fourth-order valence-corrected chi connectivity index (χ4v) is 2.30. The summed E-state index contributed by atoms with van der Waals surface area (Å²) in [6.45, 7) is 3.82. The molecule has 2 rings (SSSR count). The summed E-state index contributed by atoms with van der Waals surface area (Å²) >= 11 is 0. The summed E-state index contributed by atoms with van der Waals surface area (Å²) in [5.41, 5.74) is 1.12. The second-order valence-corrected chi connectivity index (χ2v) is 6.57. The highest BCUT2D eigenvalue weighted by atomic mass is 16.6. The Balaban J connectivity index is 1.74. The van der Waals surface area contributed by atoms with Gasteiger partial charge in [0.2, 0.25) is 0 Å². The van der Waals surface area contributed by atoms with E-state index in [-0.39, 0.29) is 19.0 Å². The Kier molecular flexibility index (Phi) is 7.15. The molecule has 0 aliphatic rings. The Morgan fingerprint density at radius 3 is 2.23 bits per heavy atom. The van der Waals surface area contributed by atoms with Crippen molar-refractivity contribution >= 4 is 18.0 Å². The standard InChI is InChI=1S/C22H24O4/c1-22(2,26-21(24)14-13-18-9-5-3-6-10-18)16-15-20(23)25-17-19-11-7-4-8-12-19/h3-14H,15-17H2,1-2H3. The number of hydrogen-bond acceptors (Lipinski definition) is 4. The van der Waals surface area contributed by atoms with E-state index in [0.717, 1.165) is 11.1 Å². The molecule has 0 heterocycles. The van der Waals surface area contributed by atoms with E-state index in [9.17, 15) is 9.59 Å². The predicted molar refractivity (Wildman–Crippen MR) is 101 cm³/mol. The average Bonchev–Trinajstić information content (AvgIpc) is 2.64. The molecule has 0 saturated carbocycles. The SMILES string of the molecule is CC(C)(CCC(=O)OCc1ccccc1)OC(=O)C=Cc1ccccc1. The van der Waals surface area contributed by atoms with Crippen molar-refractivity contribution in [1.82, 2.24) is 0 Å². The van der Waals surface area contributed by atoms with Crippen LogP contribution in [0.4, 0.5) is 0 Å². The van der Waals surface area contributed by atoms with Gasteiger partial charge in [0, 0.05) is 12.5 Å². The fourth-order valence-electron chi connectivity index (χ4n) is 2.30. The third-order valence-corrected chi connectivity index (χ3v) is 3.76. The van der Waals surface area contributed by atoms with Gasteiger partial charge in [-0.15, -0.1) is 0 Å². The first-order chi connectivity index (χ1) is 12.4. The largest absolute Gasteiger partial charge is 0.461 e. The van der Waals surface area contributed by atoms with Crippen LogP contribution in [0.2, 0.25) is 0 Å². The van der Waals surface area contributed by atoms with Crippen LogP contribution in [0.5, 0.6) is 0 Å². The Hall–Kier alpha value is -2.88. The maximum Gasteiger partial charge on any atom is 0.331 e. The lowest BCUT2D eigenvalue weighted by Crippen LogP contribution is -2.28. The van der Waals surface area contributed by atoms with E-state index in [4.69, 9.17) is 9.47 Å². The topological polar surface area (TPSA) is 52.6 Å². The van der Waals surface area contributed by atoms with E-state index in [0.29, 0.717) is 6.42 Å². The molecule has 136 valence electrons. The average molecular weight is 352 g/mol. The van der Waals surface area contributed by atoms with Crippen LogP contribution < -0.4 is 0 Å². The maximum absolute atomic E-state index is 12.0. The molecular formula is C22H24O4. The lowest BCUT2D eigenvalue weighted by molar-refractivity contribution is -0.155. The highest BCUT2D eigenvalue weighted by Crippen LogP contribution is 2.18. The van der Waals surface area contributed by atoms with Crippen molar-refractivity contribution in [3.63, 3.8) is 0 Å². The molecule has 0 aromatic heterocycles. The molecule has 0 unspecified atom stereocenters. The molecule has 2 aromatic rings. The summed E-state index contributed by atoms with van der Waals surface area (Å²) in [5.74, 6) is -0.741. The molecule has 0 aliphatic carbocycles. The highest BCUT2D eigenvalue weighted by molar-refractivity contribution is 5.87. The first-order valence-electron chi connectivity index (χ1n) is 8.60. The van der Waals surface area contributed by atoms with Crippen LogP contribution >= 0.6 is 0 Å². The second-order valence-electron chi connectivity index (χ2n) is 6.57. The van der Waals surface area contributed by atoms with Crippen LogP contribution in [0.1, 0.15) is 37.8 Å². The van der Waals surface area contributed by atoms with Crippen molar-refractivity contribution in [2.75, 3.05) is 0 Å². The van der Waals surface area contributed by atoms with Gasteiger partial charge in [0.25, 0.3) is 0 Å². The van der Waals surface area contributed by atoms with Gasteiger partial charge in [0.1, 0.15) is 12.2 Å². The van der Waals surface area contributed by atoms with Crippen LogP contribution in [0.3, 0.4) is 0 Å². The molecule has 0 saturated heterocycles. The van der Waals surface area contributed by atoms with E-state index in [2.05, 4.69) is 0 Å². The molecule has 26 heavy (non-hydrogen) atoms. The zero-order valence-electron chi connectivity index (χ0n) is 15.2. The van der Waals surface area contributed by atoms with Crippen LogP contribution in [0, 0.1) is 0 Å². The molecule has 0 fully saturated rings. The summed E-state index contributed by atoms with van der Waals surface area (Å²) in [7, 11) is 0. The van der Waals surface area contributed by atoms with Gasteiger partial charge in [-0.2, -0.15) is 0 Å². The number of hydrogen-bond donors (Lipinski definition) is 0. The smallest absolute Gasteiger partial charge is 0.331 e. The lowest BCUT2D eigenvalue weighted by Gasteiger charge is -2.24. The number of ether oxygens (including phenoxy) is 2. The monoisotopic (exact) mass is 352 g/mol. The number of carbonyl (C=O) groups excluding carboxylic acids is 2. The first kappa shape index (κ1) is 19.4. The van der Waals surface area contributed by atoms with Crippen molar-refractivity contribution < 1.29 is 19.1 Å². The van der Waals surface area contributed by atoms with Gasteiger partial charge in [-0.3, -0.25) is 4.79 Å². The molecule has 2 aromatic carbocycles. The van der Waals surface area contributed by atoms with Gasteiger partial charge in [0.15, 0.2) is 0 Å². The minimum Gasteiger partial charge on any atom is -0.461 e. The molecule has 0 N–H and O–H groups in total. The molecule has 4 heteroatoms. The van der Waals surface area contributed by atoms with E-state index in [1.165, 1.54) is 6.08 Å². The normalized spacial score (nSPS) is 11.3. The molecule has 0 atom stereocenters. The summed E-state index contributed by atoms with van der Waals surface area (Å²) in [6.07, 6.45) is 3.68. The quantitative estimate of drug-likeness (QED) is 0.517. The molecular weight excluding hydrogens is 328 g/mol. The van der Waals surface area contributed by atoms with Crippen molar-refractivity contribution in [3.8, 4) is 0 Å². The van der Waals surface area contributed by atoms with Gasteiger partial charge in [0.05, 0.1) is 0 Å². The number of rotatable bonds is 8. The zero-order chi connectivity index (χ0) is 18.8. The van der Waals surface area contributed by atoms with Crippen LogP contribution in [0.25, 0.3) is 6.08 Å². The Morgan fingerprint density at radius 2 is 1.58 bits per heavy atom.